The van der Waals surface area contributed by atoms with Crippen molar-refractivity contribution >= 4 is 11.8 Å². The molecule has 2 heterocycles. The van der Waals surface area contributed by atoms with Crippen LogP contribution in [-0.4, -0.2) is 71.1 Å². The first-order valence-electron chi connectivity index (χ1n) is 9.26. The zero-order chi connectivity index (χ0) is 19.1. The number of ether oxygens (including phenoxy) is 1. The van der Waals surface area contributed by atoms with Crippen LogP contribution in [0.25, 0.3) is 0 Å². The molecule has 0 aromatic carbocycles. The van der Waals surface area contributed by atoms with Crippen LogP contribution in [0.2, 0.25) is 0 Å². The molecule has 1 saturated heterocycles. The van der Waals surface area contributed by atoms with E-state index >= 15 is 0 Å². The molecule has 8 heteroatoms. The van der Waals surface area contributed by atoms with Gasteiger partial charge in [0, 0.05) is 52.6 Å². The second-order valence-electron chi connectivity index (χ2n) is 7.23. The average molecular weight is 366 g/mol. The highest BCUT2D eigenvalue weighted by molar-refractivity contribution is 5.78. The van der Waals surface area contributed by atoms with Crippen LogP contribution in [-0.2, 0) is 27.2 Å². The molecule has 1 aliphatic heterocycles. The van der Waals surface area contributed by atoms with Gasteiger partial charge in [0.05, 0.1) is 0 Å². The smallest absolute Gasteiger partial charge is 0.248 e. The van der Waals surface area contributed by atoms with Crippen LogP contribution in [0, 0.1) is 5.92 Å². The van der Waals surface area contributed by atoms with E-state index in [1.54, 1.807) is 11.8 Å². The minimum Gasteiger partial charge on any atom is -0.375 e. The monoisotopic (exact) mass is 366 g/mol. The first-order valence-corrected chi connectivity index (χ1v) is 9.26. The number of aromatic nitrogens is 2. The van der Waals surface area contributed by atoms with E-state index in [9.17, 15) is 9.59 Å². The van der Waals surface area contributed by atoms with Gasteiger partial charge >= 0.3 is 0 Å². The number of piperidine rings is 1. The standard InChI is InChI=1S/C18H30N4O4/c1-13(2)10-17-19-16(20-26-17)7-9-22(14(3)23)15-6-5-8-21(11-15)18(24)12-25-4/h13,15H,5-12H2,1-4H3. The summed E-state index contributed by atoms with van der Waals surface area (Å²) in [5.41, 5.74) is 0. The van der Waals surface area contributed by atoms with E-state index in [1.165, 1.54) is 7.11 Å². The number of hydrogen-bond donors (Lipinski definition) is 0. The summed E-state index contributed by atoms with van der Waals surface area (Å²) in [5.74, 6) is 1.68. The largest absolute Gasteiger partial charge is 0.375 e. The van der Waals surface area contributed by atoms with Gasteiger partial charge in [0.25, 0.3) is 0 Å². The Balaban J connectivity index is 1.94. The van der Waals surface area contributed by atoms with Crippen molar-refractivity contribution in [2.75, 3.05) is 33.4 Å². The topological polar surface area (TPSA) is 88.8 Å². The molecule has 0 bridgehead atoms. The number of methoxy groups -OCH3 is 1. The molecule has 146 valence electrons. The summed E-state index contributed by atoms with van der Waals surface area (Å²) in [6.07, 6.45) is 3.07. The van der Waals surface area contributed by atoms with Crippen molar-refractivity contribution in [2.45, 2.75) is 52.5 Å². The van der Waals surface area contributed by atoms with Gasteiger partial charge < -0.3 is 19.1 Å². The van der Waals surface area contributed by atoms with Crippen LogP contribution < -0.4 is 0 Å². The molecule has 0 saturated carbocycles. The van der Waals surface area contributed by atoms with Crippen molar-refractivity contribution in [1.82, 2.24) is 19.9 Å². The van der Waals surface area contributed by atoms with Gasteiger partial charge in [-0.15, -0.1) is 0 Å². The summed E-state index contributed by atoms with van der Waals surface area (Å²) >= 11 is 0. The van der Waals surface area contributed by atoms with Crippen LogP contribution in [0.15, 0.2) is 4.52 Å². The van der Waals surface area contributed by atoms with E-state index < -0.39 is 0 Å². The maximum Gasteiger partial charge on any atom is 0.248 e. The summed E-state index contributed by atoms with van der Waals surface area (Å²) in [6, 6.07) is 0.0177. The molecule has 0 N–H and O–H groups in total. The van der Waals surface area contributed by atoms with Gasteiger partial charge in [0.1, 0.15) is 6.61 Å². The van der Waals surface area contributed by atoms with E-state index in [0.29, 0.717) is 43.7 Å². The van der Waals surface area contributed by atoms with Crippen LogP contribution in [0.5, 0.6) is 0 Å². The first-order chi connectivity index (χ1) is 12.4. The highest BCUT2D eigenvalue weighted by atomic mass is 16.5. The lowest BCUT2D eigenvalue weighted by Crippen LogP contribution is -2.52. The molecule has 2 rings (SSSR count). The van der Waals surface area contributed by atoms with E-state index in [2.05, 4.69) is 24.0 Å². The van der Waals surface area contributed by atoms with Crippen molar-refractivity contribution in [1.29, 1.82) is 0 Å². The van der Waals surface area contributed by atoms with Gasteiger partial charge in [-0.1, -0.05) is 19.0 Å². The maximum atomic E-state index is 12.2. The third kappa shape index (κ3) is 5.79. The predicted molar refractivity (Wildman–Crippen MR) is 95.4 cm³/mol. The fourth-order valence-electron chi connectivity index (χ4n) is 3.29. The molecule has 0 aliphatic carbocycles. The molecule has 26 heavy (non-hydrogen) atoms. The fraction of sp³-hybridized carbons (Fsp3) is 0.778. The second kappa shape index (κ2) is 9.66. The first kappa shape index (κ1) is 20.4. The summed E-state index contributed by atoms with van der Waals surface area (Å²) in [4.78, 5) is 32.2. The number of likely N-dealkylation sites (tertiary alicyclic amines) is 1. The third-order valence-electron chi connectivity index (χ3n) is 4.53. The van der Waals surface area contributed by atoms with E-state index in [0.717, 1.165) is 19.3 Å². The molecule has 8 nitrogen and oxygen atoms in total. The molecule has 1 atom stereocenters. The van der Waals surface area contributed by atoms with Gasteiger partial charge in [-0.05, 0) is 18.8 Å². The van der Waals surface area contributed by atoms with Crippen molar-refractivity contribution in [3.05, 3.63) is 11.7 Å². The van der Waals surface area contributed by atoms with Crippen LogP contribution >= 0.6 is 0 Å². The Morgan fingerprint density at radius 3 is 2.85 bits per heavy atom. The van der Waals surface area contributed by atoms with E-state index in [1.807, 2.05) is 4.90 Å². The minimum absolute atomic E-state index is 0.00180. The fourth-order valence-corrected chi connectivity index (χ4v) is 3.29. The maximum absolute atomic E-state index is 12.2. The Bertz CT molecular complexity index is 602. The predicted octanol–water partition coefficient (Wildman–Crippen LogP) is 1.30. The summed E-state index contributed by atoms with van der Waals surface area (Å²) < 4.78 is 10.2. The lowest BCUT2D eigenvalue weighted by atomic mass is 10.0. The molecular formula is C18H30N4O4. The van der Waals surface area contributed by atoms with Crippen molar-refractivity contribution in [2.24, 2.45) is 5.92 Å². The molecule has 0 radical (unpaired) electrons. The molecule has 1 fully saturated rings. The summed E-state index contributed by atoms with van der Waals surface area (Å²) in [6.45, 7) is 7.63. The number of nitrogens with zero attached hydrogens (tertiary/aromatic N) is 4. The SMILES string of the molecule is COCC(=O)N1CCCC(N(CCc2noc(CC(C)C)n2)C(C)=O)C1. The summed E-state index contributed by atoms with van der Waals surface area (Å²) in [5, 5.41) is 4.01. The highest BCUT2D eigenvalue weighted by Crippen LogP contribution is 2.17. The lowest BCUT2D eigenvalue weighted by molar-refractivity contribution is -0.141. The van der Waals surface area contributed by atoms with E-state index in [4.69, 9.17) is 9.26 Å². The van der Waals surface area contributed by atoms with Gasteiger partial charge in [0.2, 0.25) is 17.7 Å². The molecule has 1 aliphatic rings. The lowest BCUT2D eigenvalue weighted by Gasteiger charge is -2.39. The molecular weight excluding hydrogens is 336 g/mol. The zero-order valence-corrected chi connectivity index (χ0v) is 16.2. The molecule has 2 amide bonds. The zero-order valence-electron chi connectivity index (χ0n) is 16.2. The van der Waals surface area contributed by atoms with Crippen molar-refractivity contribution < 1.29 is 18.8 Å². The van der Waals surface area contributed by atoms with Gasteiger partial charge in [-0.25, -0.2) is 0 Å². The molecule has 1 aromatic rings. The minimum atomic E-state index is -0.0304. The van der Waals surface area contributed by atoms with Gasteiger partial charge in [-0.2, -0.15) is 4.98 Å². The number of carbonyl (C=O) groups is 2. The Hall–Kier alpha value is -1.96. The number of amides is 2. The van der Waals surface area contributed by atoms with Crippen LogP contribution in [0.1, 0.15) is 45.3 Å². The Morgan fingerprint density at radius 2 is 2.19 bits per heavy atom. The Morgan fingerprint density at radius 1 is 1.42 bits per heavy atom. The molecule has 1 aromatic heterocycles. The van der Waals surface area contributed by atoms with Crippen LogP contribution in [0.4, 0.5) is 0 Å². The third-order valence-corrected chi connectivity index (χ3v) is 4.53. The number of rotatable bonds is 8. The second-order valence-corrected chi connectivity index (χ2v) is 7.23. The molecule has 1 unspecified atom stereocenters. The quantitative estimate of drug-likeness (QED) is 0.689. The highest BCUT2D eigenvalue weighted by Gasteiger charge is 2.29. The molecule has 0 spiro atoms. The van der Waals surface area contributed by atoms with E-state index in [-0.39, 0.29) is 24.5 Å². The van der Waals surface area contributed by atoms with Crippen LogP contribution in [0.3, 0.4) is 0 Å². The Labute approximate surface area is 154 Å². The Kier molecular flexibility index (Phi) is 7.56. The summed E-state index contributed by atoms with van der Waals surface area (Å²) in [7, 11) is 1.51. The number of hydrogen-bond acceptors (Lipinski definition) is 6. The average Bonchev–Trinajstić information content (AvgIpc) is 3.02. The van der Waals surface area contributed by atoms with Gasteiger partial charge in [-0.3, -0.25) is 9.59 Å². The van der Waals surface area contributed by atoms with Crippen molar-refractivity contribution in [3.63, 3.8) is 0 Å². The normalized spacial score (nSPS) is 17.6. The number of carbonyl (C=O) groups excluding carboxylic acids is 2. The van der Waals surface area contributed by atoms with Crippen molar-refractivity contribution in [3.8, 4) is 0 Å². The van der Waals surface area contributed by atoms with Gasteiger partial charge in [0.15, 0.2) is 5.82 Å².